The van der Waals surface area contributed by atoms with E-state index < -0.39 is 18.1 Å². The molecular weight excluding hydrogens is 308 g/mol. The van der Waals surface area contributed by atoms with Crippen LogP contribution < -0.4 is 10.6 Å². The molecule has 2 aromatic carbocycles. The Hall–Kier alpha value is -2.86. The van der Waals surface area contributed by atoms with Crippen LogP contribution in [0, 0.1) is 0 Å². The Kier molecular flexibility index (Phi) is 6.79. The molecule has 6 heteroatoms. The Morgan fingerprint density at radius 1 is 0.958 bits per heavy atom. The van der Waals surface area contributed by atoms with Gasteiger partial charge in [0.05, 0.1) is 12.6 Å². The summed E-state index contributed by atoms with van der Waals surface area (Å²) in [6, 6.07) is 18.3. The Labute approximate surface area is 140 Å². The molecule has 0 bridgehead atoms. The second-order valence-corrected chi connectivity index (χ2v) is 5.15. The minimum absolute atomic E-state index is 0.0730. The summed E-state index contributed by atoms with van der Waals surface area (Å²) in [7, 11) is 0. The van der Waals surface area contributed by atoms with Gasteiger partial charge < -0.3 is 20.5 Å². The zero-order chi connectivity index (χ0) is 17.2. The van der Waals surface area contributed by atoms with Crippen LogP contribution in [0.2, 0.25) is 0 Å². The lowest BCUT2D eigenvalue weighted by atomic mass is 10.1. The third-order valence-corrected chi connectivity index (χ3v) is 3.28. The fourth-order valence-electron chi connectivity index (χ4n) is 1.99. The number of ether oxygens (including phenoxy) is 1. The molecule has 0 heterocycles. The van der Waals surface area contributed by atoms with Crippen LogP contribution in [0.15, 0.2) is 60.7 Å². The zero-order valence-corrected chi connectivity index (χ0v) is 13.1. The number of alkyl carbamates (subject to hydrolysis) is 1. The van der Waals surface area contributed by atoms with E-state index in [4.69, 9.17) is 4.74 Å². The molecule has 0 radical (unpaired) electrons. The first-order valence-electron chi connectivity index (χ1n) is 7.59. The van der Waals surface area contributed by atoms with Crippen LogP contribution in [0.3, 0.4) is 0 Å². The molecule has 3 N–H and O–H groups in total. The average Bonchev–Trinajstić information content (AvgIpc) is 2.64. The molecule has 0 fully saturated rings. The molecule has 0 aliphatic carbocycles. The third kappa shape index (κ3) is 6.10. The molecule has 0 unspecified atom stereocenters. The molecule has 126 valence electrons. The second kappa shape index (κ2) is 9.32. The van der Waals surface area contributed by atoms with Crippen molar-refractivity contribution in [2.45, 2.75) is 12.7 Å². The summed E-state index contributed by atoms with van der Waals surface area (Å²) in [5.41, 5.74) is 1.58. The summed E-state index contributed by atoms with van der Waals surface area (Å²) in [4.78, 5) is 23.2. The summed E-state index contributed by atoms with van der Waals surface area (Å²) in [5, 5.41) is 14.8. The third-order valence-electron chi connectivity index (χ3n) is 3.28. The van der Waals surface area contributed by atoms with E-state index in [1.54, 1.807) is 12.1 Å². The van der Waals surface area contributed by atoms with Crippen molar-refractivity contribution in [2.24, 2.45) is 0 Å². The smallest absolute Gasteiger partial charge is 0.407 e. The van der Waals surface area contributed by atoms with Crippen LogP contribution in [-0.2, 0) is 16.1 Å². The van der Waals surface area contributed by atoms with E-state index in [-0.39, 0.29) is 19.7 Å². The Morgan fingerprint density at radius 3 is 2.25 bits per heavy atom. The Morgan fingerprint density at radius 2 is 1.58 bits per heavy atom. The van der Waals surface area contributed by atoms with E-state index in [0.29, 0.717) is 5.56 Å². The highest BCUT2D eigenvalue weighted by Gasteiger charge is 2.10. The predicted octanol–water partition coefficient (Wildman–Crippen LogP) is 1.76. The Bertz CT molecular complexity index is 647. The number of amides is 2. The lowest BCUT2D eigenvalue weighted by Crippen LogP contribution is -2.38. The molecule has 0 saturated carbocycles. The van der Waals surface area contributed by atoms with Crippen molar-refractivity contribution < 1.29 is 19.4 Å². The first-order chi connectivity index (χ1) is 11.6. The van der Waals surface area contributed by atoms with Crippen LogP contribution in [0.4, 0.5) is 4.79 Å². The number of aliphatic hydroxyl groups is 1. The van der Waals surface area contributed by atoms with Gasteiger partial charge in [0.1, 0.15) is 6.61 Å². The number of hydrogen-bond acceptors (Lipinski definition) is 4. The van der Waals surface area contributed by atoms with E-state index in [1.165, 1.54) is 0 Å². The molecule has 2 amide bonds. The molecule has 0 aromatic heterocycles. The van der Waals surface area contributed by atoms with Crippen LogP contribution in [0.25, 0.3) is 0 Å². The summed E-state index contributed by atoms with van der Waals surface area (Å²) >= 11 is 0. The Balaban J connectivity index is 1.63. The van der Waals surface area contributed by atoms with Gasteiger partial charge in [-0.25, -0.2) is 4.79 Å². The van der Waals surface area contributed by atoms with Crippen LogP contribution in [0.1, 0.15) is 17.2 Å². The van der Waals surface area contributed by atoms with Gasteiger partial charge in [-0.05, 0) is 11.1 Å². The van der Waals surface area contributed by atoms with Gasteiger partial charge in [-0.15, -0.1) is 0 Å². The summed E-state index contributed by atoms with van der Waals surface area (Å²) in [6.07, 6.45) is -1.46. The fourth-order valence-corrected chi connectivity index (χ4v) is 1.99. The van der Waals surface area contributed by atoms with Gasteiger partial charge in [0, 0.05) is 6.54 Å². The van der Waals surface area contributed by atoms with E-state index in [9.17, 15) is 14.7 Å². The summed E-state index contributed by atoms with van der Waals surface area (Å²) in [5.74, 6) is -0.401. The van der Waals surface area contributed by atoms with Crippen molar-refractivity contribution in [3.05, 3.63) is 71.8 Å². The van der Waals surface area contributed by atoms with Gasteiger partial charge in [-0.3, -0.25) is 4.79 Å². The summed E-state index contributed by atoms with van der Waals surface area (Å²) in [6.45, 7) is -0.000262. The lowest BCUT2D eigenvalue weighted by Gasteiger charge is -2.12. The van der Waals surface area contributed by atoms with E-state index >= 15 is 0 Å². The number of aliphatic hydroxyl groups excluding tert-OH is 1. The molecule has 6 nitrogen and oxygen atoms in total. The maximum absolute atomic E-state index is 11.7. The number of carbonyl (C=O) groups is 2. The van der Waals surface area contributed by atoms with Crippen molar-refractivity contribution in [2.75, 3.05) is 13.1 Å². The monoisotopic (exact) mass is 328 g/mol. The standard InChI is InChI=1S/C18H20N2O4/c21-16(15-9-5-2-6-10-15)11-19-17(22)12-20-18(23)24-13-14-7-3-1-4-8-14/h1-10,16,21H,11-13H2,(H,19,22)(H,20,23)/t16-/m1/s1. The number of rotatable bonds is 7. The van der Waals surface area contributed by atoms with E-state index in [1.807, 2.05) is 48.5 Å². The van der Waals surface area contributed by atoms with Crippen molar-refractivity contribution in [3.63, 3.8) is 0 Å². The molecule has 0 aliphatic heterocycles. The SMILES string of the molecule is O=C(CNC(=O)OCc1ccccc1)NC[C@@H](O)c1ccccc1. The van der Waals surface area contributed by atoms with E-state index in [0.717, 1.165) is 5.56 Å². The molecule has 1 atom stereocenters. The van der Waals surface area contributed by atoms with Gasteiger partial charge in [-0.1, -0.05) is 60.7 Å². The van der Waals surface area contributed by atoms with Crippen LogP contribution >= 0.6 is 0 Å². The molecule has 2 aromatic rings. The minimum Gasteiger partial charge on any atom is -0.445 e. The van der Waals surface area contributed by atoms with Gasteiger partial charge in [0.25, 0.3) is 0 Å². The largest absolute Gasteiger partial charge is 0.445 e. The van der Waals surface area contributed by atoms with Gasteiger partial charge in [0.2, 0.25) is 5.91 Å². The number of nitrogens with one attached hydrogen (secondary N) is 2. The zero-order valence-electron chi connectivity index (χ0n) is 13.1. The fraction of sp³-hybridized carbons (Fsp3) is 0.222. The van der Waals surface area contributed by atoms with Crippen molar-refractivity contribution in [1.29, 1.82) is 0 Å². The highest BCUT2D eigenvalue weighted by Crippen LogP contribution is 2.10. The molecular formula is C18H20N2O4. The van der Waals surface area contributed by atoms with E-state index in [2.05, 4.69) is 10.6 Å². The second-order valence-electron chi connectivity index (χ2n) is 5.15. The molecule has 24 heavy (non-hydrogen) atoms. The average molecular weight is 328 g/mol. The number of carbonyl (C=O) groups excluding carboxylic acids is 2. The topological polar surface area (TPSA) is 87.7 Å². The first kappa shape index (κ1) is 17.5. The highest BCUT2D eigenvalue weighted by atomic mass is 16.5. The van der Waals surface area contributed by atoms with Gasteiger partial charge in [0.15, 0.2) is 0 Å². The minimum atomic E-state index is -0.791. The predicted molar refractivity (Wildman–Crippen MR) is 89.0 cm³/mol. The lowest BCUT2D eigenvalue weighted by molar-refractivity contribution is -0.120. The maximum Gasteiger partial charge on any atom is 0.407 e. The number of benzene rings is 2. The molecule has 0 spiro atoms. The molecule has 0 aliphatic rings. The normalized spacial score (nSPS) is 11.4. The van der Waals surface area contributed by atoms with Crippen molar-refractivity contribution in [1.82, 2.24) is 10.6 Å². The summed E-state index contributed by atoms with van der Waals surface area (Å²) < 4.78 is 4.99. The quantitative estimate of drug-likeness (QED) is 0.723. The van der Waals surface area contributed by atoms with Crippen LogP contribution in [-0.4, -0.2) is 30.2 Å². The number of hydrogen-bond donors (Lipinski definition) is 3. The highest BCUT2D eigenvalue weighted by molar-refractivity contribution is 5.82. The van der Waals surface area contributed by atoms with Gasteiger partial charge in [-0.2, -0.15) is 0 Å². The van der Waals surface area contributed by atoms with Crippen molar-refractivity contribution in [3.8, 4) is 0 Å². The maximum atomic E-state index is 11.7. The molecule has 2 rings (SSSR count). The molecule has 0 saturated heterocycles. The van der Waals surface area contributed by atoms with Crippen molar-refractivity contribution >= 4 is 12.0 Å². The van der Waals surface area contributed by atoms with Crippen LogP contribution in [0.5, 0.6) is 0 Å². The first-order valence-corrected chi connectivity index (χ1v) is 7.59. The van der Waals surface area contributed by atoms with Gasteiger partial charge >= 0.3 is 6.09 Å².